The van der Waals surface area contributed by atoms with Crippen molar-refractivity contribution < 1.29 is 9.59 Å². The fraction of sp³-hybridized carbons (Fsp3) is 0.267. The van der Waals surface area contributed by atoms with Gasteiger partial charge in [-0.3, -0.25) is 14.4 Å². The Balaban J connectivity index is 2.31. The Kier molecular flexibility index (Phi) is 2.71. The molecule has 0 amide bonds. The second kappa shape index (κ2) is 4.30. The third-order valence-corrected chi connectivity index (χ3v) is 3.77. The Morgan fingerprint density at radius 2 is 1.95 bits per heavy atom. The molecule has 0 saturated heterocycles. The van der Waals surface area contributed by atoms with Gasteiger partial charge in [-0.15, -0.1) is 0 Å². The maximum Gasteiger partial charge on any atom is 0.248 e. The number of fused-ring (bicyclic) bond motifs is 1. The van der Waals surface area contributed by atoms with Crippen LogP contribution in [0.4, 0.5) is 0 Å². The van der Waals surface area contributed by atoms with Crippen LogP contribution >= 0.6 is 0 Å². The molecule has 1 aromatic rings. The maximum absolute atomic E-state index is 12.7. The number of allylic oxidation sites excluding steroid dienone is 3. The minimum absolute atomic E-state index is 0.105. The number of ketones is 2. The fourth-order valence-corrected chi connectivity index (χ4v) is 2.77. The van der Waals surface area contributed by atoms with Crippen LogP contribution in [0.15, 0.2) is 34.4 Å². The standard InChI is InChI=1S/C15H14N2O3/c1-3-8-6-9(18)17-13-11(8)14(19)10-7(2)4-5-16-12(10)15(13)20/h4-7,16H,3H2,1-2H3,(H,17,18). The highest BCUT2D eigenvalue weighted by Crippen LogP contribution is 2.32. The zero-order chi connectivity index (χ0) is 14.4. The van der Waals surface area contributed by atoms with Gasteiger partial charge < -0.3 is 10.3 Å². The van der Waals surface area contributed by atoms with Gasteiger partial charge >= 0.3 is 0 Å². The summed E-state index contributed by atoms with van der Waals surface area (Å²) in [5.41, 5.74) is 1.47. The molecule has 0 saturated carbocycles. The Hall–Kier alpha value is -2.43. The first-order chi connectivity index (χ1) is 9.54. The Bertz CT molecular complexity index is 753. The number of pyridine rings is 1. The van der Waals surface area contributed by atoms with Crippen molar-refractivity contribution in [3.63, 3.8) is 0 Å². The lowest BCUT2D eigenvalue weighted by molar-refractivity contribution is 0.0958. The highest BCUT2D eigenvalue weighted by molar-refractivity contribution is 6.26. The number of H-pyrrole nitrogens is 1. The molecule has 1 atom stereocenters. The Morgan fingerprint density at radius 1 is 1.20 bits per heavy atom. The number of carbonyl (C=O) groups excluding carboxylic acids is 2. The molecular weight excluding hydrogens is 256 g/mol. The number of hydrogen-bond donors (Lipinski definition) is 2. The summed E-state index contributed by atoms with van der Waals surface area (Å²) in [6.45, 7) is 3.74. The third-order valence-electron chi connectivity index (χ3n) is 3.77. The molecule has 1 aromatic heterocycles. The number of nitrogens with one attached hydrogen (secondary N) is 2. The van der Waals surface area contributed by atoms with Gasteiger partial charge in [-0.05, 0) is 18.2 Å². The second-order valence-electron chi connectivity index (χ2n) is 5.00. The minimum atomic E-state index is -0.356. The Morgan fingerprint density at radius 3 is 2.65 bits per heavy atom. The highest BCUT2D eigenvalue weighted by Gasteiger charge is 2.37. The molecular formula is C15H14N2O3. The lowest BCUT2D eigenvalue weighted by atomic mass is 9.80. The molecule has 5 nitrogen and oxygen atoms in total. The summed E-state index contributed by atoms with van der Waals surface area (Å²) in [5.74, 6) is -0.613. The third kappa shape index (κ3) is 1.59. The van der Waals surface area contributed by atoms with Crippen LogP contribution in [0, 0.1) is 5.92 Å². The van der Waals surface area contributed by atoms with Gasteiger partial charge in [0.15, 0.2) is 5.78 Å². The molecule has 0 aromatic carbocycles. The number of hydrogen-bond acceptors (Lipinski definition) is 4. The normalized spacial score (nSPS) is 20.6. The predicted molar refractivity (Wildman–Crippen MR) is 73.6 cm³/mol. The first-order valence-corrected chi connectivity index (χ1v) is 6.57. The van der Waals surface area contributed by atoms with Crippen molar-refractivity contribution in [1.82, 2.24) is 10.3 Å². The molecule has 5 heteroatoms. The quantitative estimate of drug-likeness (QED) is 0.806. The van der Waals surface area contributed by atoms with E-state index in [2.05, 4.69) is 10.3 Å². The first kappa shape index (κ1) is 12.6. The summed E-state index contributed by atoms with van der Waals surface area (Å²) >= 11 is 0. The van der Waals surface area contributed by atoms with Gasteiger partial charge in [0.05, 0.1) is 11.3 Å². The zero-order valence-corrected chi connectivity index (χ0v) is 11.2. The van der Waals surface area contributed by atoms with E-state index in [1.807, 2.05) is 19.9 Å². The SMILES string of the molecule is CCc1cc(=O)[nH]c2c1C(=O)C1=C(NC=CC1C)C2=O. The monoisotopic (exact) mass is 270 g/mol. The van der Waals surface area contributed by atoms with Crippen molar-refractivity contribution in [2.24, 2.45) is 5.92 Å². The van der Waals surface area contributed by atoms with Crippen molar-refractivity contribution >= 4 is 11.6 Å². The van der Waals surface area contributed by atoms with Crippen LogP contribution in [0.1, 0.15) is 40.3 Å². The lowest BCUT2D eigenvalue weighted by Crippen LogP contribution is -2.35. The topological polar surface area (TPSA) is 79.0 Å². The average Bonchev–Trinajstić information content (AvgIpc) is 2.43. The molecule has 2 heterocycles. The van der Waals surface area contributed by atoms with Crippen molar-refractivity contribution in [3.8, 4) is 0 Å². The van der Waals surface area contributed by atoms with Gasteiger partial charge in [-0.2, -0.15) is 0 Å². The van der Waals surface area contributed by atoms with Gasteiger partial charge in [-0.1, -0.05) is 19.9 Å². The van der Waals surface area contributed by atoms with Crippen LogP contribution in [0.5, 0.6) is 0 Å². The zero-order valence-electron chi connectivity index (χ0n) is 11.2. The number of aryl methyl sites for hydroxylation is 1. The second-order valence-corrected chi connectivity index (χ2v) is 5.00. The molecule has 2 N–H and O–H groups in total. The minimum Gasteiger partial charge on any atom is -0.358 e. The molecule has 20 heavy (non-hydrogen) atoms. The largest absolute Gasteiger partial charge is 0.358 e. The molecule has 0 radical (unpaired) electrons. The molecule has 0 spiro atoms. The van der Waals surface area contributed by atoms with Gasteiger partial charge in [-0.25, -0.2) is 0 Å². The molecule has 1 unspecified atom stereocenters. The van der Waals surface area contributed by atoms with Gasteiger partial charge in [0.2, 0.25) is 11.3 Å². The van der Waals surface area contributed by atoms with Crippen molar-refractivity contribution in [2.45, 2.75) is 20.3 Å². The summed E-state index contributed by atoms with van der Waals surface area (Å²) in [7, 11) is 0. The van der Waals surface area contributed by atoms with Crippen LogP contribution < -0.4 is 10.9 Å². The molecule has 1 aliphatic carbocycles. The molecule has 0 fully saturated rings. The van der Waals surface area contributed by atoms with E-state index in [0.717, 1.165) is 0 Å². The average molecular weight is 270 g/mol. The number of rotatable bonds is 1. The summed E-state index contributed by atoms with van der Waals surface area (Å²) in [6, 6.07) is 1.40. The van der Waals surface area contributed by atoms with E-state index in [-0.39, 0.29) is 34.4 Å². The molecule has 0 bridgehead atoms. The summed E-state index contributed by atoms with van der Waals surface area (Å²) in [4.78, 5) is 39.3. The van der Waals surface area contributed by atoms with Gasteiger partial charge in [0.25, 0.3) is 0 Å². The van der Waals surface area contributed by atoms with E-state index in [1.165, 1.54) is 6.07 Å². The van der Waals surface area contributed by atoms with Crippen molar-refractivity contribution in [2.75, 3.05) is 0 Å². The van der Waals surface area contributed by atoms with E-state index in [9.17, 15) is 14.4 Å². The van der Waals surface area contributed by atoms with E-state index >= 15 is 0 Å². The number of aromatic amines is 1. The first-order valence-electron chi connectivity index (χ1n) is 6.57. The number of Topliss-reactive ketones (excluding diaryl/α,β-unsaturated/α-hetero) is 2. The van der Waals surface area contributed by atoms with Gasteiger partial charge in [0, 0.05) is 17.6 Å². The predicted octanol–water partition coefficient (Wildman–Crippen LogP) is 1.32. The van der Waals surface area contributed by atoms with Crippen molar-refractivity contribution in [3.05, 3.63) is 56.8 Å². The number of aromatic nitrogens is 1. The van der Waals surface area contributed by atoms with E-state index in [0.29, 0.717) is 23.1 Å². The van der Waals surface area contributed by atoms with Crippen LogP contribution in [-0.2, 0) is 6.42 Å². The molecule has 102 valence electrons. The van der Waals surface area contributed by atoms with E-state index < -0.39 is 0 Å². The fourth-order valence-electron chi connectivity index (χ4n) is 2.77. The molecule has 2 aliphatic rings. The highest BCUT2D eigenvalue weighted by atomic mass is 16.1. The maximum atomic E-state index is 12.7. The van der Waals surface area contributed by atoms with E-state index in [1.54, 1.807) is 6.20 Å². The summed E-state index contributed by atoms with van der Waals surface area (Å²) < 4.78 is 0. The Labute approximate surface area is 115 Å². The summed E-state index contributed by atoms with van der Waals surface area (Å²) in [5, 5.41) is 2.84. The van der Waals surface area contributed by atoms with Crippen molar-refractivity contribution in [1.29, 1.82) is 0 Å². The number of carbonyl (C=O) groups is 2. The number of dihydropyridines is 1. The van der Waals surface area contributed by atoms with Crippen LogP contribution in [0.3, 0.4) is 0 Å². The van der Waals surface area contributed by atoms with E-state index in [4.69, 9.17) is 0 Å². The smallest absolute Gasteiger partial charge is 0.248 e. The lowest BCUT2D eigenvalue weighted by Gasteiger charge is -2.27. The van der Waals surface area contributed by atoms with Gasteiger partial charge in [0.1, 0.15) is 5.69 Å². The molecule has 3 rings (SSSR count). The van der Waals surface area contributed by atoms with Crippen LogP contribution in [-0.4, -0.2) is 16.6 Å². The molecule has 1 aliphatic heterocycles. The van der Waals surface area contributed by atoms with Crippen LogP contribution in [0.25, 0.3) is 0 Å². The summed E-state index contributed by atoms with van der Waals surface area (Å²) in [6.07, 6.45) is 4.03. The van der Waals surface area contributed by atoms with Crippen LogP contribution in [0.2, 0.25) is 0 Å².